The third kappa shape index (κ3) is 3.30. The van der Waals surface area contributed by atoms with E-state index in [9.17, 15) is 0 Å². The van der Waals surface area contributed by atoms with Gasteiger partial charge in [0.15, 0.2) is 0 Å². The molecule has 0 aliphatic carbocycles. The average molecular weight is 219 g/mol. The fourth-order valence-electron chi connectivity index (χ4n) is 2.39. The molecule has 0 unspecified atom stereocenters. The van der Waals surface area contributed by atoms with Gasteiger partial charge in [-0.25, -0.2) is 0 Å². The topological polar surface area (TPSA) is 55.3 Å². The largest absolute Gasteiger partial charge is 0.326 e. The first kappa shape index (κ1) is 11.6. The highest BCUT2D eigenvalue weighted by atomic mass is 15.2. The quantitative estimate of drug-likeness (QED) is 0.782. The Morgan fingerprint density at radius 3 is 2.31 bits per heavy atom. The zero-order valence-corrected chi connectivity index (χ0v) is 9.68. The molecule has 0 radical (unpaired) electrons. The summed E-state index contributed by atoms with van der Waals surface area (Å²) >= 11 is 0. The van der Waals surface area contributed by atoms with Crippen molar-refractivity contribution in [2.75, 3.05) is 19.6 Å². The van der Waals surface area contributed by atoms with Crippen LogP contribution in [-0.4, -0.2) is 36.6 Å². The van der Waals surface area contributed by atoms with Crippen LogP contribution in [0.2, 0.25) is 0 Å². The first-order valence-electron chi connectivity index (χ1n) is 6.01. The van der Waals surface area contributed by atoms with Crippen LogP contribution >= 0.6 is 0 Å². The van der Waals surface area contributed by atoms with Crippen LogP contribution in [0.25, 0.3) is 0 Å². The maximum absolute atomic E-state index is 5.96. The van der Waals surface area contributed by atoms with Crippen molar-refractivity contribution in [2.24, 2.45) is 11.5 Å². The van der Waals surface area contributed by atoms with Crippen molar-refractivity contribution in [1.82, 2.24) is 4.90 Å². The average Bonchev–Trinajstić information content (AvgIpc) is 2.27. The predicted molar refractivity (Wildman–Crippen MR) is 67.2 cm³/mol. The van der Waals surface area contributed by atoms with Crippen LogP contribution in [0.4, 0.5) is 0 Å². The Morgan fingerprint density at radius 1 is 1.06 bits per heavy atom. The summed E-state index contributed by atoms with van der Waals surface area (Å²) in [5.74, 6) is 0. The lowest BCUT2D eigenvalue weighted by atomic mass is 10.0. The van der Waals surface area contributed by atoms with Gasteiger partial charge in [0.25, 0.3) is 0 Å². The van der Waals surface area contributed by atoms with Crippen LogP contribution in [0.1, 0.15) is 12.0 Å². The third-order valence-electron chi connectivity index (χ3n) is 3.15. The maximum atomic E-state index is 5.96. The molecule has 0 amide bonds. The molecule has 1 aromatic rings. The van der Waals surface area contributed by atoms with Crippen molar-refractivity contribution in [3.63, 3.8) is 0 Å². The molecule has 1 heterocycles. The van der Waals surface area contributed by atoms with Crippen molar-refractivity contribution in [3.05, 3.63) is 35.9 Å². The number of hydrogen-bond acceptors (Lipinski definition) is 3. The molecule has 1 aliphatic rings. The number of rotatable bonds is 3. The fourth-order valence-corrected chi connectivity index (χ4v) is 2.39. The summed E-state index contributed by atoms with van der Waals surface area (Å²) in [6, 6.07) is 11.1. The normalized spacial score (nSPS) is 26.9. The molecule has 0 bridgehead atoms. The van der Waals surface area contributed by atoms with E-state index in [0.717, 1.165) is 32.5 Å². The maximum Gasteiger partial charge on any atom is 0.0183 e. The van der Waals surface area contributed by atoms with Crippen molar-refractivity contribution < 1.29 is 0 Å². The van der Waals surface area contributed by atoms with Crippen LogP contribution < -0.4 is 11.5 Å². The van der Waals surface area contributed by atoms with Gasteiger partial charge in [0.1, 0.15) is 0 Å². The molecule has 0 saturated carbocycles. The van der Waals surface area contributed by atoms with Gasteiger partial charge in [0, 0.05) is 31.7 Å². The highest BCUT2D eigenvalue weighted by molar-refractivity contribution is 5.14. The Hall–Kier alpha value is -0.900. The summed E-state index contributed by atoms with van der Waals surface area (Å²) in [6.45, 7) is 3.03. The number of benzene rings is 1. The molecule has 1 aromatic carbocycles. The number of hydrogen-bond donors (Lipinski definition) is 2. The molecule has 3 nitrogen and oxygen atoms in total. The third-order valence-corrected chi connectivity index (χ3v) is 3.15. The Bertz CT molecular complexity index is 302. The van der Waals surface area contributed by atoms with Gasteiger partial charge in [-0.2, -0.15) is 0 Å². The van der Waals surface area contributed by atoms with Crippen LogP contribution in [-0.2, 0) is 6.42 Å². The van der Waals surface area contributed by atoms with E-state index in [1.807, 2.05) is 0 Å². The van der Waals surface area contributed by atoms with E-state index in [1.54, 1.807) is 0 Å². The number of likely N-dealkylation sites (tertiary alicyclic amines) is 1. The van der Waals surface area contributed by atoms with E-state index in [0.29, 0.717) is 0 Å². The Kier molecular flexibility index (Phi) is 3.93. The minimum atomic E-state index is 0.250. The van der Waals surface area contributed by atoms with Crippen molar-refractivity contribution in [1.29, 1.82) is 0 Å². The molecule has 1 fully saturated rings. The SMILES string of the molecule is N[C@@H]1C[C@H](N)CN(CCc2ccccc2)C1. The summed E-state index contributed by atoms with van der Waals surface area (Å²) in [4.78, 5) is 2.38. The first-order valence-corrected chi connectivity index (χ1v) is 6.01. The molecule has 4 N–H and O–H groups in total. The van der Waals surface area contributed by atoms with Gasteiger partial charge >= 0.3 is 0 Å². The Morgan fingerprint density at radius 2 is 1.69 bits per heavy atom. The Balaban J connectivity index is 1.81. The summed E-state index contributed by atoms with van der Waals surface area (Å²) in [5.41, 5.74) is 13.3. The molecule has 2 atom stereocenters. The van der Waals surface area contributed by atoms with Crippen molar-refractivity contribution >= 4 is 0 Å². The first-order chi connectivity index (χ1) is 7.74. The van der Waals surface area contributed by atoms with E-state index < -0.39 is 0 Å². The standard InChI is InChI=1S/C13H21N3/c14-12-8-13(15)10-16(9-12)7-6-11-4-2-1-3-5-11/h1-5,12-13H,6-10,14-15H2/t12-,13+. The molecule has 1 saturated heterocycles. The van der Waals surface area contributed by atoms with Gasteiger partial charge in [-0.3, -0.25) is 4.90 Å². The summed E-state index contributed by atoms with van der Waals surface area (Å²) in [5, 5.41) is 0. The smallest absolute Gasteiger partial charge is 0.0183 e. The molecule has 88 valence electrons. The molecular weight excluding hydrogens is 198 g/mol. The second-order valence-electron chi connectivity index (χ2n) is 4.75. The lowest BCUT2D eigenvalue weighted by Crippen LogP contribution is -2.52. The zero-order chi connectivity index (χ0) is 11.4. The van der Waals surface area contributed by atoms with Gasteiger partial charge in [0.05, 0.1) is 0 Å². The van der Waals surface area contributed by atoms with Crippen molar-refractivity contribution in [3.8, 4) is 0 Å². The van der Waals surface area contributed by atoms with E-state index >= 15 is 0 Å². The molecule has 1 aliphatic heterocycles. The lowest BCUT2D eigenvalue weighted by Gasteiger charge is -2.34. The summed E-state index contributed by atoms with van der Waals surface area (Å²) < 4.78 is 0. The number of nitrogens with two attached hydrogens (primary N) is 2. The fraction of sp³-hybridized carbons (Fsp3) is 0.538. The lowest BCUT2D eigenvalue weighted by molar-refractivity contribution is 0.192. The second kappa shape index (κ2) is 5.43. The van der Waals surface area contributed by atoms with E-state index in [2.05, 4.69) is 35.2 Å². The zero-order valence-electron chi connectivity index (χ0n) is 9.68. The molecule has 16 heavy (non-hydrogen) atoms. The van der Waals surface area contributed by atoms with E-state index in [4.69, 9.17) is 11.5 Å². The highest BCUT2D eigenvalue weighted by Crippen LogP contribution is 2.09. The molecular formula is C13H21N3. The monoisotopic (exact) mass is 219 g/mol. The van der Waals surface area contributed by atoms with Gasteiger partial charge in [-0.05, 0) is 18.4 Å². The summed E-state index contributed by atoms with van der Waals surface area (Å²) in [7, 11) is 0. The highest BCUT2D eigenvalue weighted by Gasteiger charge is 2.21. The van der Waals surface area contributed by atoms with Crippen LogP contribution in [0.5, 0.6) is 0 Å². The van der Waals surface area contributed by atoms with Gasteiger partial charge in [-0.1, -0.05) is 30.3 Å². The van der Waals surface area contributed by atoms with Crippen LogP contribution in [0.3, 0.4) is 0 Å². The number of piperidine rings is 1. The van der Waals surface area contributed by atoms with E-state index in [-0.39, 0.29) is 12.1 Å². The van der Waals surface area contributed by atoms with E-state index in [1.165, 1.54) is 5.56 Å². The Labute approximate surface area is 97.4 Å². The molecule has 0 spiro atoms. The molecule has 2 rings (SSSR count). The van der Waals surface area contributed by atoms with Crippen LogP contribution in [0.15, 0.2) is 30.3 Å². The van der Waals surface area contributed by atoms with Gasteiger partial charge in [-0.15, -0.1) is 0 Å². The number of nitrogens with zero attached hydrogens (tertiary/aromatic N) is 1. The minimum absolute atomic E-state index is 0.250. The van der Waals surface area contributed by atoms with Crippen LogP contribution in [0, 0.1) is 0 Å². The predicted octanol–water partition coefficient (Wildman–Crippen LogP) is 0.589. The summed E-state index contributed by atoms with van der Waals surface area (Å²) in [6.07, 6.45) is 2.04. The molecule has 3 heteroatoms. The van der Waals surface area contributed by atoms with Gasteiger partial charge in [0.2, 0.25) is 0 Å². The molecule has 0 aromatic heterocycles. The minimum Gasteiger partial charge on any atom is -0.326 e. The van der Waals surface area contributed by atoms with Gasteiger partial charge < -0.3 is 11.5 Å². The van der Waals surface area contributed by atoms with Crippen molar-refractivity contribution in [2.45, 2.75) is 24.9 Å². The second-order valence-corrected chi connectivity index (χ2v) is 4.75.